The molecule has 4 rings (SSSR count). The van der Waals surface area contributed by atoms with Gasteiger partial charge in [0.1, 0.15) is 17.9 Å². The van der Waals surface area contributed by atoms with E-state index in [1.165, 1.54) is 12.1 Å². The summed E-state index contributed by atoms with van der Waals surface area (Å²) in [7, 11) is -3.90. The summed E-state index contributed by atoms with van der Waals surface area (Å²) in [6, 6.07) is 17.5. The van der Waals surface area contributed by atoms with Crippen LogP contribution >= 0.6 is 0 Å². The number of nitrogens with zero attached hydrogens (tertiary/aromatic N) is 2. The zero-order chi connectivity index (χ0) is 27.8. The summed E-state index contributed by atoms with van der Waals surface area (Å²) in [5.74, 6) is -1.60. The fourth-order valence-electron chi connectivity index (χ4n) is 4.29. The van der Waals surface area contributed by atoms with Gasteiger partial charge < -0.3 is 21.1 Å². The summed E-state index contributed by atoms with van der Waals surface area (Å²) in [4.78, 5) is 41.3. The van der Waals surface area contributed by atoms with E-state index in [1.54, 1.807) is 66.9 Å². The Hall–Kier alpha value is -4.29. The number of sulfonamides is 1. The maximum Gasteiger partial charge on any atom is 0.326 e. The van der Waals surface area contributed by atoms with Crippen LogP contribution in [0.1, 0.15) is 18.4 Å². The number of aromatic nitrogens is 1. The first-order chi connectivity index (χ1) is 18.7. The molecule has 1 aliphatic rings. The van der Waals surface area contributed by atoms with Crippen LogP contribution in [0.2, 0.25) is 0 Å². The number of rotatable bonds is 11. The molecule has 1 fully saturated rings. The van der Waals surface area contributed by atoms with Crippen molar-refractivity contribution < 1.29 is 27.9 Å². The van der Waals surface area contributed by atoms with Crippen LogP contribution in [0.15, 0.2) is 83.9 Å². The van der Waals surface area contributed by atoms with Crippen LogP contribution in [0, 0.1) is 0 Å². The van der Waals surface area contributed by atoms with E-state index in [9.17, 15) is 27.9 Å². The predicted molar refractivity (Wildman–Crippen MR) is 144 cm³/mol. The van der Waals surface area contributed by atoms with Crippen molar-refractivity contribution >= 4 is 39.3 Å². The lowest BCUT2D eigenvalue weighted by Crippen LogP contribution is -2.51. The third-order valence-electron chi connectivity index (χ3n) is 6.24. The Morgan fingerprint density at radius 2 is 1.72 bits per heavy atom. The minimum atomic E-state index is -3.90. The molecule has 39 heavy (non-hydrogen) atoms. The van der Waals surface area contributed by atoms with Gasteiger partial charge in [0.2, 0.25) is 21.8 Å². The van der Waals surface area contributed by atoms with Crippen molar-refractivity contribution in [3.8, 4) is 0 Å². The average Bonchev–Trinajstić information content (AvgIpc) is 3.45. The quantitative estimate of drug-likeness (QED) is 0.282. The van der Waals surface area contributed by atoms with Gasteiger partial charge in [-0.25, -0.2) is 18.2 Å². The van der Waals surface area contributed by atoms with Crippen LogP contribution in [-0.4, -0.2) is 65.8 Å². The van der Waals surface area contributed by atoms with Gasteiger partial charge in [-0.3, -0.25) is 9.59 Å². The fourth-order valence-corrected chi connectivity index (χ4v) is 5.97. The molecule has 11 nitrogen and oxygen atoms in total. The zero-order valence-electron chi connectivity index (χ0n) is 21.0. The summed E-state index contributed by atoms with van der Waals surface area (Å²) < 4.78 is 27.3. The van der Waals surface area contributed by atoms with Gasteiger partial charge in [0, 0.05) is 24.8 Å². The lowest BCUT2D eigenvalue weighted by atomic mass is 10.0. The van der Waals surface area contributed by atoms with E-state index in [-0.39, 0.29) is 30.3 Å². The first-order valence-electron chi connectivity index (χ1n) is 12.4. The monoisotopic (exact) mass is 551 g/mol. The molecule has 0 bridgehead atoms. The number of pyridine rings is 1. The van der Waals surface area contributed by atoms with Gasteiger partial charge >= 0.3 is 5.97 Å². The number of hydrogen-bond acceptors (Lipinski definition) is 7. The molecule has 4 N–H and O–H groups in total. The van der Waals surface area contributed by atoms with Crippen molar-refractivity contribution in [3.05, 3.63) is 84.6 Å². The number of aliphatic carboxylic acids is 1. The van der Waals surface area contributed by atoms with E-state index in [0.717, 1.165) is 4.31 Å². The second kappa shape index (κ2) is 12.5. The first-order valence-corrected chi connectivity index (χ1v) is 13.8. The number of nitrogens with one attached hydrogen (secondary N) is 3. The summed E-state index contributed by atoms with van der Waals surface area (Å²) in [6.07, 6.45) is 2.39. The van der Waals surface area contributed by atoms with Crippen LogP contribution in [0.3, 0.4) is 0 Å². The SMILES string of the molecule is O=C(CNc1ccccn1)Nc1ccc(C[C@H](NC(=O)[C@@H]2CCCN2S(=O)(=O)c2ccccc2)C(=O)O)cc1. The third-order valence-corrected chi connectivity index (χ3v) is 8.17. The first kappa shape index (κ1) is 27.7. The number of hydrogen-bond donors (Lipinski definition) is 4. The maximum atomic E-state index is 13.1. The Kier molecular flexibility index (Phi) is 8.89. The highest BCUT2D eigenvalue weighted by molar-refractivity contribution is 7.89. The molecule has 12 heteroatoms. The lowest BCUT2D eigenvalue weighted by Gasteiger charge is -2.25. The molecule has 2 amide bonds. The molecular formula is C27H29N5O6S. The summed E-state index contributed by atoms with van der Waals surface area (Å²) >= 11 is 0. The molecule has 2 heterocycles. The molecule has 3 aromatic rings. The molecular weight excluding hydrogens is 522 g/mol. The molecule has 2 atom stereocenters. The molecule has 1 saturated heterocycles. The van der Waals surface area contributed by atoms with Crippen LogP contribution in [0.25, 0.3) is 0 Å². The maximum absolute atomic E-state index is 13.1. The average molecular weight is 552 g/mol. The van der Waals surface area contributed by atoms with Crippen molar-refractivity contribution in [1.29, 1.82) is 0 Å². The molecule has 0 aliphatic carbocycles. The van der Waals surface area contributed by atoms with Gasteiger partial charge in [-0.05, 0) is 54.8 Å². The summed E-state index contributed by atoms with van der Waals surface area (Å²) in [5.41, 5.74) is 1.14. The Labute approximate surface area is 226 Å². The number of carboxylic acid groups (broad SMARTS) is 1. The highest BCUT2D eigenvalue weighted by Gasteiger charge is 2.40. The number of anilines is 2. The minimum absolute atomic E-state index is 0.0179. The largest absolute Gasteiger partial charge is 0.480 e. The summed E-state index contributed by atoms with van der Waals surface area (Å²) in [6.45, 7) is 0.196. The van der Waals surface area contributed by atoms with Crippen molar-refractivity contribution in [2.45, 2.75) is 36.2 Å². The fraction of sp³-hybridized carbons (Fsp3) is 0.259. The third kappa shape index (κ3) is 7.18. The number of benzene rings is 2. The van der Waals surface area contributed by atoms with Crippen LogP contribution in [0.4, 0.5) is 11.5 Å². The van der Waals surface area contributed by atoms with E-state index >= 15 is 0 Å². The van der Waals surface area contributed by atoms with Crippen LogP contribution < -0.4 is 16.0 Å². The number of carboxylic acids is 1. The van der Waals surface area contributed by atoms with Gasteiger partial charge in [0.25, 0.3) is 0 Å². The Morgan fingerprint density at radius 3 is 2.38 bits per heavy atom. The van der Waals surface area contributed by atoms with Gasteiger partial charge in [0.15, 0.2) is 0 Å². The smallest absolute Gasteiger partial charge is 0.326 e. The molecule has 204 valence electrons. The molecule has 2 aromatic carbocycles. The Bertz CT molecular complexity index is 1400. The van der Waals surface area contributed by atoms with E-state index < -0.39 is 34.0 Å². The van der Waals surface area contributed by atoms with Crippen LogP contribution in [-0.2, 0) is 30.8 Å². The normalized spacial score (nSPS) is 16.3. The van der Waals surface area contributed by atoms with E-state index in [1.807, 2.05) is 0 Å². The molecule has 1 aromatic heterocycles. The molecule has 0 saturated carbocycles. The topological polar surface area (TPSA) is 158 Å². The van der Waals surface area contributed by atoms with Gasteiger partial charge in [-0.2, -0.15) is 4.31 Å². The van der Waals surface area contributed by atoms with Gasteiger partial charge in [0.05, 0.1) is 11.4 Å². The van der Waals surface area contributed by atoms with Gasteiger partial charge in [-0.1, -0.05) is 36.4 Å². The lowest BCUT2D eigenvalue weighted by molar-refractivity contribution is -0.142. The molecule has 1 aliphatic heterocycles. The van der Waals surface area contributed by atoms with Crippen molar-refractivity contribution in [1.82, 2.24) is 14.6 Å². The Balaban J connectivity index is 1.34. The molecule has 0 spiro atoms. The molecule has 0 radical (unpaired) electrons. The molecule has 0 unspecified atom stereocenters. The second-order valence-corrected chi connectivity index (χ2v) is 10.9. The predicted octanol–water partition coefficient (Wildman–Crippen LogP) is 2.10. The van der Waals surface area contributed by atoms with Gasteiger partial charge in [-0.15, -0.1) is 0 Å². The Morgan fingerprint density at radius 1 is 1.00 bits per heavy atom. The number of carbonyl (C=O) groups is 3. The van der Waals surface area contributed by atoms with Crippen molar-refractivity contribution in [3.63, 3.8) is 0 Å². The standard InChI is InChI=1S/C27H29N5O6S/c33-25(18-29-24-10-4-5-15-28-24)30-20-13-11-19(12-14-20)17-22(27(35)36)31-26(34)23-9-6-16-32(23)39(37,38)21-7-2-1-3-8-21/h1-5,7-8,10-15,22-23H,6,9,16-18H2,(H,28,29)(H,30,33)(H,31,34)(H,35,36)/t22-,23-/m0/s1. The van der Waals surface area contributed by atoms with E-state index in [0.29, 0.717) is 29.9 Å². The van der Waals surface area contributed by atoms with Crippen LogP contribution in [0.5, 0.6) is 0 Å². The highest BCUT2D eigenvalue weighted by Crippen LogP contribution is 2.26. The highest BCUT2D eigenvalue weighted by atomic mass is 32.2. The van der Waals surface area contributed by atoms with E-state index in [4.69, 9.17) is 0 Å². The zero-order valence-corrected chi connectivity index (χ0v) is 21.8. The van der Waals surface area contributed by atoms with E-state index in [2.05, 4.69) is 20.9 Å². The minimum Gasteiger partial charge on any atom is -0.480 e. The second-order valence-electron chi connectivity index (χ2n) is 9.00. The number of amides is 2. The van der Waals surface area contributed by atoms with Crippen molar-refractivity contribution in [2.24, 2.45) is 0 Å². The number of carbonyl (C=O) groups excluding carboxylic acids is 2. The summed E-state index contributed by atoms with van der Waals surface area (Å²) in [5, 5.41) is 17.9. The van der Waals surface area contributed by atoms with Crippen molar-refractivity contribution in [2.75, 3.05) is 23.7 Å².